The van der Waals surface area contributed by atoms with E-state index in [1.165, 1.54) is 0 Å². The minimum Gasteiger partial charge on any atom is -0.489 e. The van der Waals surface area contributed by atoms with Gasteiger partial charge in [0.05, 0.1) is 30.8 Å². The molecule has 0 aromatic heterocycles. The molecule has 0 aliphatic carbocycles. The molecule has 1 atom stereocenters. The number of rotatable bonds is 5. The molecule has 0 unspecified atom stereocenters. The molecule has 0 spiro atoms. The third kappa shape index (κ3) is 4.33. The molecule has 0 bridgehead atoms. The zero-order chi connectivity index (χ0) is 20.9. The van der Waals surface area contributed by atoms with Crippen molar-refractivity contribution in [2.45, 2.75) is 25.8 Å². The van der Waals surface area contributed by atoms with Gasteiger partial charge in [0.1, 0.15) is 12.4 Å². The molecule has 6 nitrogen and oxygen atoms in total. The van der Waals surface area contributed by atoms with Gasteiger partial charge in [-0.05, 0) is 50.6 Å². The molecule has 0 saturated carbocycles. The second kappa shape index (κ2) is 9.30. The third-order valence-corrected chi connectivity index (χ3v) is 5.85. The lowest BCUT2D eigenvalue weighted by molar-refractivity contribution is -0.149. The lowest BCUT2D eigenvalue weighted by Crippen LogP contribution is -2.48. The summed E-state index contributed by atoms with van der Waals surface area (Å²) in [7, 11) is 0. The van der Waals surface area contributed by atoms with Crippen LogP contribution in [0.25, 0.3) is 0 Å². The van der Waals surface area contributed by atoms with Crippen LogP contribution in [0.1, 0.15) is 31.4 Å². The number of para-hydroxylation sites is 2. The number of esters is 1. The van der Waals surface area contributed by atoms with Crippen LogP contribution in [0.5, 0.6) is 5.75 Å². The van der Waals surface area contributed by atoms with Crippen LogP contribution in [0.4, 0.5) is 5.69 Å². The van der Waals surface area contributed by atoms with Crippen molar-refractivity contribution >= 4 is 17.6 Å². The maximum atomic E-state index is 13.5. The van der Waals surface area contributed by atoms with E-state index in [0.29, 0.717) is 19.8 Å². The first-order chi connectivity index (χ1) is 14.7. The van der Waals surface area contributed by atoms with Crippen LogP contribution in [0, 0.1) is 5.92 Å². The van der Waals surface area contributed by atoms with E-state index in [9.17, 15) is 9.59 Å². The first-order valence-corrected chi connectivity index (χ1v) is 10.6. The van der Waals surface area contributed by atoms with Crippen molar-refractivity contribution in [1.29, 1.82) is 0 Å². The summed E-state index contributed by atoms with van der Waals surface area (Å²) in [6.45, 7) is 4.43. The van der Waals surface area contributed by atoms with Crippen LogP contribution in [0.15, 0.2) is 54.6 Å². The molecule has 4 rings (SSSR count). The van der Waals surface area contributed by atoms with Gasteiger partial charge in [0.25, 0.3) is 0 Å². The van der Waals surface area contributed by atoms with Gasteiger partial charge in [0, 0.05) is 0 Å². The second-order valence-electron chi connectivity index (χ2n) is 7.77. The summed E-state index contributed by atoms with van der Waals surface area (Å²) in [6, 6.07) is 17.5. The van der Waals surface area contributed by atoms with Crippen molar-refractivity contribution in [1.82, 2.24) is 4.90 Å². The smallest absolute Gasteiger partial charge is 0.309 e. The molecular weight excluding hydrogens is 380 g/mol. The number of nitrogens with zero attached hydrogens (tertiary/aromatic N) is 2. The van der Waals surface area contributed by atoms with Crippen molar-refractivity contribution < 1.29 is 19.1 Å². The highest BCUT2D eigenvalue weighted by molar-refractivity contribution is 5.97. The van der Waals surface area contributed by atoms with Crippen LogP contribution in [-0.4, -0.2) is 49.6 Å². The lowest BCUT2D eigenvalue weighted by atomic mass is 9.97. The maximum Gasteiger partial charge on any atom is 0.309 e. The van der Waals surface area contributed by atoms with Gasteiger partial charge in [0.2, 0.25) is 5.91 Å². The maximum absolute atomic E-state index is 13.5. The number of hydrogen-bond donors (Lipinski definition) is 0. The number of carbonyl (C=O) groups is 2. The Hall–Kier alpha value is -2.86. The molecule has 1 fully saturated rings. The second-order valence-corrected chi connectivity index (χ2v) is 7.77. The summed E-state index contributed by atoms with van der Waals surface area (Å²) in [5.74, 6) is 0.612. The summed E-state index contributed by atoms with van der Waals surface area (Å²) in [5.41, 5.74) is 1.87. The SMILES string of the molecule is CCOC(=O)C1CCN(CC(=O)N2c3ccccc3OC[C@@H]2c2ccccc2)CC1. The van der Waals surface area contributed by atoms with Gasteiger partial charge in [-0.15, -0.1) is 0 Å². The fraction of sp³-hybridized carbons (Fsp3) is 0.417. The predicted octanol–water partition coefficient (Wildman–Crippen LogP) is 3.43. The fourth-order valence-electron chi connectivity index (χ4n) is 4.27. The van der Waals surface area contributed by atoms with Gasteiger partial charge in [-0.2, -0.15) is 0 Å². The van der Waals surface area contributed by atoms with E-state index in [2.05, 4.69) is 4.90 Å². The zero-order valence-electron chi connectivity index (χ0n) is 17.3. The number of likely N-dealkylation sites (tertiary alicyclic amines) is 1. The fourth-order valence-corrected chi connectivity index (χ4v) is 4.27. The highest BCUT2D eigenvalue weighted by Gasteiger charge is 2.35. The predicted molar refractivity (Wildman–Crippen MR) is 114 cm³/mol. The minimum absolute atomic E-state index is 0.0502. The molecule has 2 heterocycles. The van der Waals surface area contributed by atoms with Crippen LogP contribution < -0.4 is 9.64 Å². The largest absolute Gasteiger partial charge is 0.489 e. The lowest BCUT2D eigenvalue weighted by Gasteiger charge is -2.39. The molecule has 2 aliphatic rings. The van der Waals surface area contributed by atoms with Gasteiger partial charge < -0.3 is 9.47 Å². The van der Waals surface area contributed by atoms with Crippen molar-refractivity contribution in [2.24, 2.45) is 5.92 Å². The Balaban J connectivity index is 1.49. The van der Waals surface area contributed by atoms with Gasteiger partial charge in [-0.25, -0.2) is 0 Å². The van der Waals surface area contributed by atoms with Crippen molar-refractivity contribution in [3.63, 3.8) is 0 Å². The Morgan fingerprint density at radius 3 is 2.47 bits per heavy atom. The van der Waals surface area contributed by atoms with E-state index >= 15 is 0 Å². The average molecular weight is 408 g/mol. The number of amides is 1. The van der Waals surface area contributed by atoms with Gasteiger partial charge in [0.15, 0.2) is 0 Å². The normalized spacial score (nSPS) is 19.6. The molecule has 2 aromatic carbocycles. The Morgan fingerprint density at radius 1 is 1.03 bits per heavy atom. The monoisotopic (exact) mass is 408 g/mol. The standard InChI is InChI=1S/C24H28N2O4/c1-2-29-24(28)19-12-14-25(15-13-19)16-23(27)26-20-10-6-7-11-22(20)30-17-21(26)18-8-4-3-5-9-18/h3-11,19,21H,2,12-17H2,1H3/t21-/m1/s1. The van der Waals surface area contributed by atoms with Crippen LogP contribution in [0.2, 0.25) is 0 Å². The molecule has 1 amide bonds. The highest BCUT2D eigenvalue weighted by Crippen LogP contribution is 2.39. The molecule has 1 saturated heterocycles. The topological polar surface area (TPSA) is 59.1 Å². The number of ether oxygens (including phenoxy) is 2. The van der Waals surface area contributed by atoms with Gasteiger partial charge >= 0.3 is 5.97 Å². The molecule has 0 N–H and O–H groups in total. The van der Waals surface area contributed by atoms with Crippen LogP contribution >= 0.6 is 0 Å². The summed E-state index contributed by atoms with van der Waals surface area (Å²) in [5, 5.41) is 0. The molecule has 30 heavy (non-hydrogen) atoms. The first kappa shape index (κ1) is 20.4. The molecule has 2 aliphatic heterocycles. The summed E-state index contributed by atoms with van der Waals surface area (Å²) in [4.78, 5) is 29.5. The van der Waals surface area contributed by atoms with Crippen molar-refractivity contribution in [3.8, 4) is 5.75 Å². The van der Waals surface area contributed by atoms with E-state index in [-0.39, 0.29) is 23.8 Å². The summed E-state index contributed by atoms with van der Waals surface area (Å²) >= 11 is 0. The molecule has 0 radical (unpaired) electrons. The Kier molecular flexibility index (Phi) is 6.33. The van der Waals surface area contributed by atoms with E-state index in [4.69, 9.17) is 9.47 Å². The van der Waals surface area contributed by atoms with Crippen LogP contribution in [0.3, 0.4) is 0 Å². The highest BCUT2D eigenvalue weighted by atomic mass is 16.5. The van der Waals surface area contributed by atoms with Crippen molar-refractivity contribution in [2.75, 3.05) is 37.7 Å². The Bertz CT molecular complexity index is 878. The van der Waals surface area contributed by atoms with Crippen LogP contribution in [-0.2, 0) is 14.3 Å². The van der Waals surface area contributed by atoms with Crippen molar-refractivity contribution in [3.05, 3.63) is 60.2 Å². The number of hydrogen-bond acceptors (Lipinski definition) is 5. The first-order valence-electron chi connectivity index (χ1n) is 10.6. The average Bonchev–Trinajstić information content (AvgIpc) is 2.79. The summed E-state index contributed by atoms with van der Waals surface area (Å²) in [6.07, 6.45) is 1.46. The Labute approximate surface area is 177 Å². The van der Waals surface area contributed by atoms with Gasteiger partial charge in [-0.1, -0.05) is 42.5 Å². The number of anilines is 1. The van der Waals surface area contributed by atoms with E-state index in [1.807, 2.05) is 66.4 Å². The zero-order valence-corrected chi connectivity index (χ0v) is 17.3. The Morgan fingerprint density at radius 2 is 1.73 bits per heavy atom. The number of carbonyl (C=O) groups excluding carboxylic acids is 2. The molecule has 2 aromatic rings. The molecule has 158 valence electrons. The van der Waals surface area contributed by atoms with E-state index in [1.54, 1.807) is 0 Å². The summed E-state index contributed by atoms with van der Waals surface area (Å²) < 4.78 is 11.1. The number of fused-ring (bicyclic) bond motifs is 1. The molecular formula is C24H28N2O4. The van der Waals surface area contributed by atoms with E-state index < -0.39 is 0 Å². The number of piperidine rings is 1. The minimum atomic E-state index is -0.161. The van der Waals surface area contributed by atoms with E-state index in [0.717, 1.165) is 42.9 Å². The third-order valence-electron chi connectivity index (χ3n) is 5.85. The number of benzene rings is 2. The van der Waals surface area contributed by atoms with Gasteiger partial charge in [-0.3, -0.25) is 19.4 Å². The quantitative estimate of drug-likeness (QED) is 0.710. The molecule has 6 heteroatoms.